The molecule has 1 heterocycles. The molecule has 1 aliphatic rings. The maximum absolute atomic E-state index is 11.5. The van der Waals surface area contributed by atoms with Gasteiger partial charge in [0.15, 0.2) is 0 Å². The summed E-state index contributed by atoms with van der Waals surface area (Å²) in [6, 6.07) is 0. The Morgan fingerprint density at radius 1 is 1.60 bits per heavy atom. The van der Waals surface area contributed by atoms with E-state index in [1.165, 1.54) is 0 Å². The maximum Gasteiger partial charge on any atom is 0.318 e. The molecule has 0 amide bonds. The van der Waals surface area contributed by atoms with Crippen LogP contribution in [0.3, 0.4) is 0 Å². The molecule has 2 atom stereocenters. The summed E-state index contributed by atoms with van der Waals surface area (Å²) in [7, 11) is -1.16. The van der Waals surface area contributed by atoms with E-state index >= 15 is 0 Å². The zero-order chi connectivity index (χ0) is 11.3. The summed E-state index contributed by atoms with van der Waals surface area (Å²) in [5.74, 6) is 0.0481. The van der Waals surface area contributed by atoms with E-state index in [4.69, 9.17) is 9.47 Å². The van der Waals surface area contributed by atoms with Crippen molar-refractivity contribution in [3.05, 3.63) is 0 Å². The van der Waals surface area contributed by atoms with E-state index in [1.54, 1.807) is 13.8 Å². The highest BCUT2D eigenvalue weighted by atomic mass is 32.2. The molecule has 1 aliphatic heterocycles. The van der Waals surface area contributed by atoms with Crippen LogP contribution in [-0.2, 0) is 25.1 Å². The first-order chi connectivity index (χ1) is 7.08. The first-order valence-electron chi connectivity index (χ1n) is 5.24. The number of rotatable bonds is 5. The third-order valence-corrected chi connectivity index (χ3v) is 3.34. The minimum absolute atomic E-state index is 0.0158. The van der Waals surface area contributed by atoms with Crippen molar-refractivity contribution in [2.45, 2.75) is 38.9 Å². The summed E-state index contributed by atoms with van der Waals surface area (Å²) in [6.45, 7) is 4.31. The molecule has 1 saturated heterocycles. The molecule has 2 unspecified atom stereocenters. The average Bonchev–Trinajstić information content (AvgIpc) is 2.53. The Morgan fingerprint density at radius 3 is 2.87 bits per heavy atom. The van der Waals surface area contributed by atoms with E-state index in [0.29, 0.717) is 5.75 Å². The summed E-state index contributed by atoms with van der Waals surface area (Å²) in [5, 5.41) is 0. The van der Waals surface area contributed by atoms with Gasteiger partial charge in [-0.2, -0.15) is 0 Å². The van der Waals surface area contributed by atoms with Crippen molar-refractivity contribution in [2.24, 2.45) is 0 Å². The monoisotopic (exact) mass is 234 g/mol. The van der Waals surface area contributed by atoms with Crippen molar-refractivity contribution in [1.29, 1.82) is 0 Å². The molecule has 0 aliphatic carbocycles. The van der Waals surface area contributed by atoms with Crippen molar-refractivity contribution in [1.82, 2.24) is 0 Å². The molecule has 1 rings (SSSR count). The van der Waals surface area contributed by atoms with Crippen molar-refractivity contribution < 1.29 is 18.5 Å². The normalized spacial score (nSPS) is 23.0. The molecule has 15 heavy (non-hydrogen) atoms. The topological polar surface area (TPSA) is 52.6 Å². The summed E-state index contributed by atoms with van der Waals surface area (Å²) in [4.78, 5) is 11.2. The predicted molar refractivity (Wildman–Crippen MR) is 58.1 cm³/mol. The molecule has 0 bridgehead atoms. The first kappa shape index (κ1) is 12.6. The van der Waals surface area contributed by atoms with Crippen molar-refractivity contribution in [3.8, 4) is 0 Å². The van der Waals surface area contributed by atoms with Gasteiger partial charge >= 0.3 is 5.97 Å². The van der Waals surface area contributed by atoms with Gasteiger partial charge in [0.2, 0.25) is 0 Å². The zero-order valence-corrected chi connectivity index (χ0v) is 10.0. The summed E-state index contributed by atoms with van der Waals surface area (Å²) in [5.41, 5.74) is 0. The standard InChI is InChI=1S/C10H18O4S/c1-8(2)14-10(11)7-15(12)6-9-4-3-5-13-9/h8-9H,3-7H2,1-2H3. The Morgan fingerprint density at radius 2 is 2.33 bits per heavy atom. The predicted octanol–water partition coefficient (Wildman–Crippen LogP) is 0.866. The summed E-state index contributed by atoms with van der Waals surface area (Å²) < 4.78 is 21.8. The molecule has 0 radical (unpaired) electrons. The van der Waals surface area contributed by atoms with Crippen molar-refractivity contribution >= 4 is 16.8 Å². The lowest BCUT2D eigenvalue weighted by atomic mass is 10.3. The Bertz CT molecular complexity index is 234. The van der Waals surface area contributed by atoms with Gasteiger partial charge in [-0.1, -0.05) is 0 Å². The Hall–Kier alpha value is -0.420. The van der Waals surface area contributed by atoms with Crippen LogP contribution in [0.5, 0.6) is 0 Å². The number of hydrogen-bond donors (Lipinski definition) is 0. The Labute approximate surface area is 92.8 Å². The molecule has 0 aromatic rings. The van der Waals surface area contributed by atoms with Gasteiger partial charge in [-0.25, -0.2) is 0 Å². The van der Waals surface area contributed by atoms with Gasteiger partial charge in [-0.05, 0) is 26.7 Å². The van der Waals surface area contributed by atoms with Crippen LogP contribution in [0.4, 0.5) is 0 Å². The molecule has 1 fully saturated rings. The second kappa shape index (κ2) is 6.23. The number of ether oxygens (including phenoxy) is 2. The molecular formula is C10H18O4S. The summed E-state index contributed by atoms with van der Waals surface area (Å²) >= 11 is 0. The molecule has 0 aromatic heterocycles. The van der Waals surface area contributed by atoms with Crippen LogP contribution in [-0.4, -0.2) is 40.5 Å². The van der Waals surface area contributed by atoms with Crippen LogP contribution < -0.4 is 0 Å². The van der Waals surface area contributed by atoms with Crippen LogP contribution in [0, 0.1) is 0 Å². The lowest BCUT2D eigenvalue weighted by Crippen LogP contribution is -2.23. The van der Waals surface area contributed by atoms with Gasteiger partial charge in [-0.3, -0.25) is 9.00 Å². The van der Waals surface area contributed by atoms with E-state index < -0.39 is 10.8 Å². The largest absolute Gasteiger partial charge is 0.462 e. The Balaban J connectivity index is 2.19. The summed E-state index contributed by atoms with van der Waals surface area (Å²) in [6.07, 6.45) is 1.90. The van der Waals surface area contributed by atoms with E-state index in [-0.39, 0.29) is 23.9 Å². The van der Waals surface area contributed by atoms with E-state index in [0.717, 1.165) is 19.4 Å². The van der Waals surface area contributed by atoms with Crippen LogP contribution in [0.25, 0.3) is 0 Å². The SMILES string of the molecule is CC(C)OC(=O)CS(=O)CC1CCCO1. The fourth-order valence-corrected chi connectivity index (χ4v) is 2.60. The molecule has 0 aromatic carbocycles. The third kappa shape index (κ3) is 5.28. The second-order valence-corrected chi connectivity index (χ2v) is 5.43. The van der Waals surface area contributed by atoms with Crippen LogP contribution in [0.2, 0.25) is 0 Å². The number of esters is 1. The van der Waals surface area contributed by atoms with Gasteiger partial charge in [0.05, 0.1) is 18.0 Å². The van der Waals surface area contributed by atoms with E-state index in [2.05, 4.69) is 0 Å². The fraction of sp³-hybridized carbons (Fsp3) is 0.900. The molecule has 0 saturated carbocycles. The minimum Gasteiger partial charge on any atom is -0.462 e. The quantitative estimate of drug-likeness (QED) is 0.662. The van der Waals surface area contributed by atoms with Crippen molar-refractivity contribution in [2.75, 3.05) is 18.1 Å². The highest BCUT2D eigenvalue weighted by Crippen LogP contribution is 2.12. The Kier molecular flexibility index (Phi) is 5.25. The lowest BCUT2D eigenvalue weighted by Gasteiger charge is -2.10. The molecule has 5 heteroatoms. The first-order valence-corrected chi connectivity index (χ1v) is 6.73. The van der Waals surface area contributed by atoms with Crippen LogP contribution in [0.15, 0.2) is 0 Å². The third-order valence-electron chi connectivity index (χ3n) is 2.04. The highest BCUT2D eigenvalue weighted by molar-refractivity contribution is 7.85. The second-order valence-electron chi connectivity index (χ2n) is 3.92. The van der Waals surface area contributed by atoms with Crippen LogP contribution in [0.1, 0.15) is 26.7 Å². The zero-order valence-electron chi connectivity index (χ0n) is 9.23. The molecule has 0 spiro atoms. The molecule has 0 N–H and O–H groups in total. The minimum atomic E-state index is -1.16. The molecular weight excluding hydrogens is 216 g/mol. The van der Waals surface area contributed by atoms with Gasteiger partial charge < -0.3 is 9.47 Å². The molecule has 88 valence electrons. The maximum atomic E-state index is 11.5. The van der Waals surface area contributed by atoms with Gasteiger partial charge in [-0.15, -0.1) is 0 Å². The number of carbonyl (C=O) groups is 1. The number of carbonyl (C=O) groups excluding carboxylic acids is 1. The number of hydrogen-bond acceptors (Lipinski definition) is 4. The highest BCUT2D eigenvalue weighted by Gasteiger charge is 2.20. The lowest BCUT2D eigenvalue weighted by molar-refractivity contribution is -0.144. The van der Waals surface area contributed by atoms with Crippen molar-refractivity contribution in [3.63, 3.8) is 0 Å². The average molecular weight is 234 g/mol. The van der Waals surface area contributed by atoms with E-state index in [9.17, 15) is 9.00 Å². The van der Waals surface area contributed by atoms with Gasteiger partial charge in [0, 0.05) is 17.4 Å². The van der Waals surface area contributed by atoms with Crippen LogP contribution >= 0.6 is 0 Å². The molecule has 4 nitrogen and oxygen atoms in total. The smallest absolute Gasteiger partial charge is 0.318 e. The fourth-order valence-electron chi connectivity index (χ4n) is 1.47. The van der Waals surface area contributed by atoms with Gasteiger partial charge in [0.1, 0.15) is 5.75 Å². The van der Waals surface area contributed by atoms with E-state index in [1.807, 2.05) is 0 Å². The van der Waals surface area contributed by atoms with Gasteiger partial charge in [0.25, 0.3) is 0 Å².